The van der Waals surface area contributed by atoms with Crippen LogP contribution in [-0.4, -0.2) is 32.4 Å². The van der Waals surface area contributed by atoms with Gasteiger partial charge >= 0.3 is 5.97 Å². The minimum atomic E-state index is -0.754. The van der Waals surface area contributed by atoms with Crippen molar-refractivity contribution in [1.29, 1.82) is 0 Å². The van der Waals surface area contributed by atoms with E-state index in [1.54, 1.807) is 16.7 Å². The maximum atomic E-state index is 12.2. The summed E-state index contributed by atoms with van der Waals surface area (Å²) in [6, 6.07) is 6.36. The highest BCUT2D eigenvalue weighted by Crippen LogP contribution is 2.24. The molecule has 110 valence electrons. The molecule has 7 heteroatoms. The molecule has 0 atom stereocenters. The van der Waals surface area contributed by atoms with Crippen LogP contribution in [0.15, 0.2) is 30.5 Å². The summed E-state index contributed by atoms with van der Waals surface area (Å²) in [5, 5.41) is 0.516. The van der Waals surface area contributed by atoms with Gasteiger partial charge in [-0.2, -0.15) is 0 Å². The monoisotopic (exact) mass is 297 g/mol. The van der Waals surface area contributed by atoms with Crippen LogP contribution in [0.4, 0.5) is 0 Å². The average molecular weight is 297 g/mol. The molecule has 0 saturated carbocycles. The smallest absolute Gasteiger partial charge is 0.323 e. The Labute approximate surface area is 125 Å². The Hall–Kier alpha value is -2.96. The Morgan fingerprint density at radius 2 is 1.82 bits per heavy atom. The van der Waals surface area contributed by atoms with Crippen molar-refractivity contribution in [2.45, 2.75) is 19.4 Å². The van der Waals surface area contributed by atoms with Crippen LogP contribution in [0.3, 0.4) is 0 Å². The molecule has 1 aromatic heterocycles. The number of nitrogens with zero attached hydrogens (tertiary/aromatic N) is 3. The number of hydrogen-bond acceptors (Lipinski definition) is 5. The molecule has 2 aliphatic heterocycles. The number of benzene rings is 1. The summed E-state index contributed by atoms with van der Waals surface area (Å²) in [6.07, 6.45) is 3.13. The van der Waals surface area contributed by atoms with E-state index in [9.17, 15) is 14.4 Å². The number of fused-ring (bicyclic) bond motifs is 2. The second-order valence-corrected chi connectivity index (χ2v) is 5.14. The first kappa shape index (κ1) is 12.8. The van der Waals surface area contributed by atoms with E-state index >= 15 is 0 Å². The van der Waals surface area contributed by atoms with Crippen molar-refractivity contribution in [3.05, 3.63) is 53.1 Å². The van der Waals surface area contributed by atoms with E-state index in [0.717, 1.165) is 18.7 Å². The van der Waals surface area contributed by atoms with Crippen LogP contribution in [0.1, 0.15) is 43.4 Å². The standard InChI is InChI=1S/C15H11N3O4/c19-13-9-4-1-2-5-10(9)14(20)18(13)22-15(21)11-8-16-12-6-3-7-17(11)12/h1-2,4-5,8H,3,6-7H2. The van der Waals surface area contributed by atoms with Crippen molar-refractivity contribution in [2.75, 3.05) is 0 Å². The first-order chi connectivity index (χ1) is 10.7. The lowest BCUT2D eigenvalue weighted by Gasteiger charge is -2.12. The Morgan fingerprint density at radius 3 is 2.50 bits per heavy atom. The van der Waals surface area contributed by atoms with E-state index in [-0.39, 0.29) is 16.8 Å². The second-order valence-electron chi connectivity index (χ2n) is 5.14. The number of carbonyl (C=O) groups excluding carboxylic acids is 3. The molecule has 0 aliphatic carbocycles. The van der Waals surface area contributed by atoms with Gasteiger partial charge in [-0.25, -0.2) is 9.78 Å². The third-order valence-electron chi connectivity index (χ3n) is 3.86. The molecule has 2 amide bonds. The number of carbonyl (C=O) groups is 3. The van der Waals surface area contributed by atoms with E-state index in [4.69, 9.17) is 4.84 Å². The van der Waals surface area contributed by atoms with Crippen molar-refractivity contribution in [2.24, 2.45) is 0 Å². The Bertz CT molecular complexity index is 789. The summed E-state index contributed by atoms with van der Waals surface area (Å²) in [6.45, 7) is 0.682. The maximum Gasteiger partial charge on any atom is 0.381 e. The zero-order valence-corrected chi connectivity index (χ0v) is 11.5. The van der Waals surface area contributed by atoms with Gasteiger partial charge in [0.1, 0.15) is 11.5 Å². The van der Waals surface area contributed by atoms with Gasteiger partial charge in [0.2, 0.25) is 0 Å². The Balaban J connectivity index is 1.61. The molecule has 0 saturated heterocycles. The van der Waals surface area contributed by atoms with E-state index in [0.29, 0.717) is 11.6 Å². The van der Waals surface area contributed by atoms with Crippen LogP contribution in [0.2, 0.25) is 0 Å². The van der Waals surface area contributed by atoms with Crippen LogP contribution < -0.4 is 0 Å². The summed E-state index contributed by atoms with van der Waals surface area (Å²) in [5.74, 6) is -1.20. The fourth-order valence-corrected chi connectivity index (χ4v) is 2.80. The number of imide groups is 1. The molecule has 0 unspecified atom stereocenters. The number of hydroxylamine groups is 2. The number of aryl methyl sites for hydroxylation is 1. The van der Waals surface area contributed by atoms with E-state index in [1.807, 2.05) is 0 Å². The minimum absolute atomic E-state index is 0.235. The predicted octanol–water partition coefficient (Wildman–Crippen LogP) is 1.20. The molecule has 0 spiro atoms. The summed E-state index contributed by atoms with van der Waals surface area (Å²) in [7, 11) is 0. The summed E-state index contributed by atoms with van der Waals surface area (Å²) in [5.41, 5.74) is 0.724. The quantitative estimate of drug-likeness (QED) is 0.778. The lowest BCUT2D eigenvalue weighted by Crippen LogP contribution is -2.33. The SMILES string of the molecule is O=C(ON1C(=O)c2ccccc2C1=O)c1cnc2n1CCC2. The average Bonchev–Trinajstić information content (AvgIpc) is 3.18. The number of aromatic nitrogens is 2. The topological polar surface area (TPSA) is 81.5 Å². The zero-order valence-electron chi connectivity index (χ0n) is 11.5. The first-order valence-corrected chi connectivity index (χ1v) is 6.91. The molecule has 1 aromatic carbocycles. The Morgan fingerprint density at radius 1 is 1.14 bits per heavy atom. The molecule has 22 heavy (non-hydrogen) atoms. The van der Waals surface area contributed by atoms with Crippen LogP contribution in [0.5, 0.6) is 0 Å². The van der Waals surface area contributed by atoms with E-state index < -0.39 is 17.8 Å². The van der Waals surface area contributed by atoms with Crippen molar-refractivity contribution < 1.29 is 19.2 Å². The van der Waals surface area contributed by atoms with Crippen molar-refractivity contribution in [3.8, 4) is 0 Å². The van der Waals surface area contributed by atoms with Crippen LogP contribution in [0, 0.1) is 0 Å². The molecule has 2 aliphatic rings. The number of amides is 2. The van der Waals surface area contributed by atoms with Gasteiger partial charge < -0.3 is 9.40 Å². The fourth-order valence-electron chi connectivity index (χ4n) is 2.80. The molecular formula is C15H11N3O4. The van der Waals surface area contributed by atoms with Crippen molar-refractivity contribution in [1.82, 2.24) is 14.6 Å². The van der Waals surface area contributed by atoms with Crippen LogP contribution >= 0.6 is 0 Å². The molecule has 4 rings (SSSR count). The van der Waals surface area contributed by atoms with E-state index in [2.05, 4.69) is 4.98 Å². The van der Waals surface area contributed by atoms with E-state index in [1.165, 1.54) is 18.3 Å². The zero-order chi connectivity index (χ0) is 15.3. The fraction of sp³-hybridized carbons (Fsp3) is 0.200. The number of imidazole rings is 1. The van der Waals surface area contributed by atoms with Gasteiger partial charge in [0.05, 0.1) is 17.3 Å². The molecule has 0 N–H and O–H groups in total. The molecule has 0 radical (unpaired) electrons. The van der Waals surface area contributed by atoms with Crippen LogP contribution in [-0.2, 0) is 17.8 Å². The lowest BCUT2D eigenvalue weighted by molar-refractivity contribution is -0.0591. The Kier molecular flexibility index (Phi) is 2.62. The van der Waals surface area contributed by atoms with Crippen molar-refractivity contribution in [3.63, 3.8) is 0 Å². The highest BCUT2D eigenvalue weighted by atomic mass is 16.7. The molecule has 0 fully saturated rings. The molecule has 2 aromatic rings. The molecular weight excluding hydrogens is 286 g/mol. The maximum absolute atomic E-state index is 12.2. The van der Waals surface area contributed by atoms with Gasteiger partial charge in [0, 0.05) is 13.0 Å². The highest BCUT2D eigenvalue weighted by molar-refractivity contribution is 6.21. The van der Waals surface area contributed by atoms with Gasteiger partial charge in [-0.15, -0.1) is 0 Å². The summed E-state index contributed by atoms with van der Waals surface area (Å²) < 4.78 is 1.75. The van der Waals surface area contributed by atoms with Gasteiger partial charge in [-0.3, -0.25) is 9.59 Å². The number of hydrogen-bond donors (Lipinski definition) is 0. The third kappa shape index (κ3) is 1.68. The second kappa shape index (κ2) is 4.52. The third-order valence-corrected chi connectivity index (χ3v) is 3.86. The largest absolute Gasteiger partial charge is 0.381 e. The lowest BCUT2D eigenvalue weighted by atomic mass is 10.1. The molecule has 3 heterocycles. The molecule has 0 bridgehead atoms. The van der Waals surface area contributed by atoms with Gasteiger partial charge in [0.15, 0.2) is 0 Å². The normalized spacial score (nSPS) is 15.9. The number of rotatable bonds is 2. The van der Waals surface area contributed by atoms with Gasteiger partial charge in [0.25, 0.3) is 11.8 Å². The summed E-state index contributed by atoms with van der Waals surface area (Å²) >= 11 is 0. The minimum Gasteiger partial charge on any atom is -0.323 e. The summed E-state index contributed by atoms with van der Waals surface area (Å²) in [4.78, 5) is 45.7. The van der Waals surface area contributed by atoms with Crippen molar-refractivity contribution >= 4 is 17.8 Å². The van der Waals surface area contributed by atoms with Gasteiger partial charge in [-0.1, -0.05) is 17.2 Å². The van der Waals surface area contributed by atoms with Crippen LogP contribution in [0.25, 0.3) is 0 Å². The van der Waals surface area contributed by atoms with Gasteiger partial charge in [-0.05, 0) is 18.6 Å². The molecule has 7 nitrogen and oxygen atoms in total. The first-order valence-electron chi connectivity index (χ1n) is 6.91. The predicted molar refractivity (Wildman–Crippen MR) is 72.9 cm³/mol. The highest BCUT2D eigenvalue weighted by Gasteiger charge is 2.39.